The summed E-state index contributed by atoms with van der Waals surface area (Å²) >= 11 is 0. The Hall–Kier alpha value is -1.80. The van der Waals surface area contributed by atoms with Crippen LogP contribution in [0.5, 0.6) is 0 Å². The molecule has 0 N–H and O–H groups in total. The summed E-state index contributed by atoms with van der Waals surface area (Å²) in [6, 6.07) is 9.12. The number of benzene rings is 1. The van der Waals surface area contributed by atoms with Gasteiger partial charge in [0.15, 0.2) is 14.6 Å². The summed E-state index contributed by atoms with van der Waals surface area (Å²) < 4.78 is 25.3. The van der Waals surface area contributed by atoms with Gasteiger partial charge in [-0.1, -0.05) is 18.2 Å². The van der Waals surface area contributed by atoms with Crippen LogP contribution in [0, 0.1) is 11.3 Å². The number of nitriles is 1. The third-order valence-electron chi connectivity index (χ3n) is 3.09. The molecule has 5 heteroatoms. The Morgan fingerprint density at radius 3 is 2.50 bits per heavy atom. The molecule has 0 saturated heterocycles. The number of para-hydroxylation sites is 1. The third-order valence-corrected chi connectivity index (χ3v) is 5.43. The van der Waals surface area contributed by atoms with Crippen LogP contribution in [0.25, 0.3) is 10.9 Å². The highest BCUT2D eigenvalue weighted by Crippen LogP contribution is 2.31. The van der Waals surface area contributed by atoms with E-state index in [2.05, 4.69) is 0 Å². The summed E-state index contributed by atoms with van der Waals surface area (Å²) in [7, 11) is -1.88. The number of nitrogens with zero attached hydrogens (tertiary/aromatic N) is 2. The zero-order valence-corrected chi connectivity index (χ0v) is 11.3. The van der Waals surface area contributed by atoms with Crippen LogP contribution in [-0.4, -0.2) is 17.7 Å². The highest BCUT2D eigenvalue weighted by molar-refractivity contribution is 7.93. The lowest BCUT2D eigenvalue weighted by Gasteiger charge is -2.15. The van der Waals surface area contributed by atoms with Crippen molar-refractivity contribution in [3.8, 4) is 6.07 Å². The average Bonchev–Trinajstić information content (AvgIpc) is 2.68. The number of aryl methyl sites for hydroxylation is 1. The lowest BCUT2D eigenvalue weighted by atomic mass is 10.2. The standard InChI is InChI=1S/C13H14N2O2S/c1-13(2,9-14)18(16,17)12-8-15(3)11-7-5-4-6-10(11)12/h4-8H,1-3H3. The predicted molar refractivity (Wildman–Crippen MR) is 69.8 cm³/mol. The zero-order valence-electron chi connectivity index (χ0n) is 10.5. The zero-order chi connectivity index (χ0) is 13.6. The first-order valence-electron chi connectivity index (χ1n) is 5.51. The van der Waals surface area contributed by atoms with Gasteiger partial charge in [-0.2, -0.15) is 5.26 Å². The molecule has 0 radical (unpaired) electrons. The fourth-order valence-electron chi connectivity index (χ4n) is 1.85. The first kappa shape index (κ1) is 12.7. The molecular weight excluding hydrogens is 248 g/mol. The molecule has 0 fully saturated rings. The van der Waals surface area contributed by atoms with Gasteiger partial charge < -0.3 is 4.57 Å². The molecule has 1 heterocycles. The maximum Gasteiger partial charge on any atom is 0.198 e. The van der Waals surface area contributed by atoms with E-state index in [0.717, 1.165) is 5.52 Å². The largest absolute Gasteiger partial charge is 0.349 e. The molecule has 0 amide bonds. The van der Waals surface area contributed by atoms with Crippen LogP contribution in [0.3, 0.4) is 0 Å². The molecule has 4 nitrogen and oxygen atoms in total. The van der Waals surface area contributed by atoms with Crippen LogP contribution in [0.4, 0.5) is 0 Å². The van der Waals surface area contributed by atoms with E-state index >= 15 is 0 Å². The topological polar surface area (TPSA) is 62.9 Å². The van der Waals surface area contributed by atoms with Crippen molar-refractivity contribution < 1.29 is 8.42 Å². The molecule has 0 aliphatic rings. The van der Waals surface area contributed by atoms with E-state index < -0.39 is 14.6 Å². The quantitative estimate of drug-likeness (QED) is 0.834. The van der Waals surface area contributed by atoms with Crippen molar-refractivity contribution in [3.63, 3.8) is 0 Å². The lowest BCUT2D eigenvalue weighted by Crippen LogP contribution is -2.29. The smallest absolute Gasteiger partial charge is 0.198 e. The number of rotatable bonds is 2. The molecule has 0 atom stereocenters. The maximum atomic E-state index is 12.5. The Kier molecular flexibility index (Phi) is 2.71. The van der Waals surface area contributed by atoms with Gasteiger partial charge in [-0.3, -0.25) is 0 Å². The van der Waals surface area contributed by atoms with Gasteiger partial charge in [0.05, 0.1) is 11.0 Å². The van der Waals surface area contributed by atoms with Gasteiger partial charge in [-0.25, -0.2) is 8.42 Å². The van der Waals surface area contributed by atoms with Crippen molar-refractivity contribution in [2.45, 2.75) is 23.5 Å². The first-order valence-corrected chi connectivity index (χ1v) is 6.99. The van der Waals surface area contributed by atoms with Gasteiger partial charge in [0.1, 0.15) is 0 Å². The molecule has 18 heavy (non-hydrogen) atoms. The SMILES string of the molecule is Cn1cc(S(=O)(=O)C(C)(C)C#N)c2ccccc21. The number of sulfone groups is 1. The van der Waals surface area contributed by atoms with Crippen LogP contribution in [0.2, 0.25) is 0 Å². The van der Waals surface area contributed by atoms with Crippen LogP contribution >= 0.6 is 0 Å². The molecule has 2 aromatic rings. The minimum absolute atomic E-state index is 0.215. The van der Waals surface area contributed by atoms with E-state index in [9.17, 15) is 8.42 Å². The number of hydrogen-bond acceptors (Lipinski definition) is 3. The van der Waals surface area contributed by atoms with E-state index in [1.54, 1.807) is 29.9 Å². The van der Waals surface area contributed by atoms with E-state index in [1.165, 1.54) is 13.8 Å². The molecule has 1 aromatic carbocycles. The van der Waals surface area contributed by atoms with Gasteiger partial charge in [0.25, 0.3) is 0 Å². The van der Waals surface area contributed by atoms with E-state index in [0.29, 0.717) is 5.39 Å². The molecule has 1 aromatic heterocycles. The fourth-order valence-corrected chi connectivity index (χ4v) is 3.28. The van der Waals surface area contributed by atoms with E-state index in [-0.39, 0.29) is 4.90 Å². The molecule has 94 valence electrons. The molecule has 0 spiro atoms. The van der Waals surface area contributed by atoms with Gasteiger partial charge in [0, 0.05) is 24.1 Å². The lowest BCUT2D eigenvalue weighted by molar-refractivity contribution is 0.574. The minimum Gasteiger partial charge on any atom is -0.349 e. The summed E-state index contributed by atoms with van der Waals surface area (Å²) in [5, 5.41) is 9.69. The Bertz CT molecular complexity index is 749. The van der Waals surface area contributed by atoms with Crippen LogP contribution in [0.15, 0.2) is 35.4 Å². The monoisotopic (exact) mass is 262 g/mol. The van der Waals surface area contributed by atoms with Crippen molar-refractivity contribution in [1.82, 2.24) is 4.57 Å². The summed E-state index contributed by atoms with van der Waals surface area (Å²) in [5.74, 6) is 0. The van der Waals surface area contributed by atoms with Gasteiger partial charge in [-0.15, -0.1) is 0 Å². The molecule has 0 aliphatic carbocycles. The van der Waals surface area contributed by atoms with Crippen LogP contribution < -0.4 is 0 Å². The number of hydrogen-bond donors (Lipinski definition) is 0. The fraction of sp³-hybridized carbons (Fsp3) is 0.308. The molecule has 0 saturated carbocycles. The summed E-state index contributed by atoms with van der Waals surface area (Å²) in [6.07, 6.45) is 1.57. The van der Waals surface area contributed by atoms with Crippen molar-refractivity contribution in [2.24, 2.45) is 7.05 Å². The normalized spacial score (nSPS) is 12.6. The number of fused-ring (bicyclic) bond motifs is 1. The van der Waals surface area contributed by atoms with Crippen molar-refractivity contribution in [1.29, 1.82) is 5.26 Å². The van der Waals surface area contributed by atoms with Crippen LogP contribution in [0.1, 0.15) is 13.8 Å². The average molecular weight is 262 g/mol. The Labute approximate surface area is 106 Å². The number of aromatic nitrogens is 1. The minimum atomic E-state index is -3.68. The Morgan fingerprint density at radius 2 is 1.89 bits per heavy atom. The highest BCUT2D eigenvalue weighted by Gasteiger charge is 2.37. The molecular formula is C13H14N2O2S. The molecule has 0 bridgehead atoms. The second-order valence-electron chi connectivity index (χ2n) is 4.75. The van der Waals surface area contributed by atoms with Crippen LogP contribution in [-0.2, 0) is 16.9 Å². The summed E-state index contributed by atoms with van der Waals surface area (Å²) in [5.41, 5.74) is 0.838. The van der Waals surface area contributed by atoms with Gasteiger partial charge in [-0.05, 0) is 19.9 Å². The van der Waals surface area contributed by atoms with Gasteiger partial charge in [0.2, 0.25) is 0 Å². The van der Waals surface area contributed by atoms with Crippen molar-refractivity contribution in [2.75, 3.05) is 0 Å². The predicted octanol–water partition coefficient (Wildman–Crippen LogP) is 2.25. The van der Waals surface area contributed by atoms with Gasteiger partial charge >= 0.3 is 0 Å². The van der Waals surface area contributed by atoms with Crippen molar-refractivity contribution >= 4 is 20.7 Å². The Balaban J connectivity index is 2.83. The highest BCUT2D eigenvalue weighted by atomic mass is 32.2. The third kappa shape index (κ3) is 1.61. The maximum absolute atomic E-state index is 12.5. The molecule has 0 unspecified atom stereocenters. The molecule has 2 rings (SSSR count). The second-order valence-corrected chi connectivity index (χ2v) is 7.21. The Morgan fingerprint density at radius 1 is 1.28 bits per heavy atom. The summed E-state index contributed by atoms with van der Waals surface area (Å²) in [4.78, 5) is 0.215. The van der Waals surface area contributed by atoms with E-state index in [1.807, 2.05) is 18.2 Å². The second kappa shape index (κ2) is 3.85. The van der Waals surface area contributed by atoms with Crippen molar-refractivity contribution in [3.05, 3.63) is 30.5 Å². The van der Waals surface area contributed by atoms with E-state index in [4.69, 9.17) is 5.26 Å². The summed E-state index contributed by atoms with van der Waals surface area (Å²) in [6.45, 7) is 2.84. The first-order chi connectivity index (χ1) is 8.31. The molecule has 0 aliphatic heterocycles.